The average Bonchev–Trinajstić information content (AvgIpc) is 2.03. The number of nitrogens with one attached hydrogen (secondary N) is 1. The Labute approximate surface area is 83.0 Å². The van der Waals surface area contributed by atoms with Crippen LogP contribution < -0.4 is 11.3 Å². The summed E-state index contributed by atoms with van der Waals surface area (Å²) in [4.78, 5) is 11.0. The summed E-state index contributed by atoms with van der Waals surface area (Å²) in [6.45, 7) is 0. The number of benzene rings is 1. The fourth-order valence-corrected chi connectivity index (χ4v) is 1.61. The summed E-state index contributed by atoms with van der Waals surface area (Å²) in [7, 11) is 0. The van der Waals surface area contributed by atoms with Gasteiger partial charge >= 0.3 is 0 Å². The van der Waals surface area contributed by atoms with E-state index in [0.29, 0.717) is 15.1 Å². The van der Waals surface area contributed by atoms with Crippen molar-refractivity contribution in [2.45, 2.75) is 0 Å². The van der Waals surface area contributed by atoms with Crippen LogP contribution in [0.5, 0.6) is 0 Å². The van der Waals surface area contributed by atoms with Gasteiger partial charge in [-0.1, -0.05) is 11.6 Å². The van der Waals surface area contributed by atoms with Gasteiger partial charge in [-0.3, -0.25) is 10.2 Å². The third kappa shape index (κ3) is 1.97. The van der Waals surface area contributed by atoms with Crippen LogP contribution in [0.15, 0.2) is 22.7 Å². The smallest absolute Gasteiger partial charge is 0.266 e. The van der Waals surface area contributed by atoms with E-state index in [0.717, 1.165) is 0 Å². The molecular weight excluding hydrogens is 243 g/mol. The third-order valence-corrected chi connectivity index (χ3v) is 2.20. The van der Waals surface area contributed by atoms with E-state index < -0.39 is 0 Å². The van der Waals surface area contributed by atoms with Crippen molar-refractivity contribution in [3.05, 3.63) is 33.3 Å². The van der Waals surface area contributed by atoms with Crippen molar-refractivity contribution in [2.75, 3.05) is 0 Å². The van der Waals surface area contributed by atoms with E-state index >= 15 is 0 Å². The number of carbonyl (C=O) groups excluding carboxylic acids is 1. The molecule has 5 heteroatoms. The van der Waals surface area contributed by atoms with Gasteiger partial charge in [-0.25, -0.2) is 5.84 Å². The van der Waals surface area contributed by atoms with Gasteiger partial charge in [-0.05, 0) is 34.1 Å². The molecule has 0 bridgehead atoms. The van der Waals surface area contributed by atoms with Crippen molar-refractivity contribution >= 4 is 33.4 Å². The lowest BCUT2D eigenvalue weighted by atomic mass is 10.2. The summed E-state index contributed by atoms with van der Waals surface area (Å²) in [6, 6.07) is 4.84. The second-order valence-electron chi connectivity index (χ2n) is 2.10. The molecule has 0 aliphatic rings. The number of hydrazine groups is 1. The number of hydrogen-bond acceptors (Lipinski definition) is 2. The Morgan fingerprint density at radius 1 is 1.58 bits per heavy atom. The minimum Gasteiger partial charge on any atom is -0.290 e. The van der Waals surface area contributed by atoms with Gasteiger partial charge in [0, 0.05) is 9.50 Å². The van der Waals surface area contributed by atoms with Crippen LogP contribution in [-0.2, 0) is 0 Å². The molecule has 12 heavy (non-hydrogen) atoms. The van der Waals surface area contributed by atoms with Crippen molar-refractivity contribution in [1.29, 1.82) is 0 Å². The normalized spacial score (nSPS) is 9.58. The Balaban J connectivity index is 3.09. The Bertz CT molecular complexity index is 316. The highest BCUT2D eigenvalue weighted by Crippen LogP contribution is 2.21. The van der Waals surface area contributed by atoms with E-state index in [1.165, 1.54) is 0 Å². The van der Waals surface area contributed by atoms with Gasteiger partial charge in [-0.15, -0.1) is 0 Å². The van der Waals surface area contributed by atoms with E-state index in [4.69, 9.17) is 17.4 Å². The molecule has 0 fully saturated rings. The summed E-state index contributed by atoms with van der Waals surface area (Å²) < 4.78 is 0.623. The van der Waals surface area contributed by atoms with Crippen LogP contribution in [0.1, 0.15) is 10.4 Å². The predicted molar refractivity (Wildman–Crippen MR) is 50.8 cm³/mol. The Hall–Kier alpha value is -0.580. The fourth-order valence-electron chi connectivity index (χ4n) is 0.751. The molecule has 1 aromatic carbocycles. The van der Waals surface area contributed by atoms with Gasteiger partial charge in [-0.2, -0.15) is 0 Å². The summed E-state index contributed by atoms with van der Waals surface area (Å²) in [5.74, 6) is 4.61. The van der Waals surface area contributed by atoms with E-state index in [2.05, 4.69) is 15.9 Å². The third-order valence-electron chi connectivity index (χ3n) is 1.31. The van der Waals surface area contributed by atoms with Crippen molar-refractivity contribution in [2.24, 2.45) is 5.84 Å². The van der Waals surface area contributed by atoms with Crippen LogP contribution in [0.2, 0.25) is 5.02 Å². The van der Waals surface area contributed by atoms with Crippen molar-refractivity contribution in [1.82, 2.24) is 5.43 Å². The first kappa shape index (κ1) is 9.51. The summed E-state index contributed by atoms with van der Waals surface area (Å²) in [5, 5.41) is 0.565. The SMILES string of the molecule is NNC(=O)c1ccc(Cl)cc1Br. The zero-order valence-electron chi connectivity index (χ0n) is 5.97. The molecule has 0 heterocycles. The van der Waals surface area contributed by atoms with Gasteiger partial charge in [0.25, 0.3) is 5.91 Å². The standard InChI is InChI=1S/C7H6BrClN2O/c8-6-3-4(9)1-2-5(6)7(12)11-10/h1-3H,10H2,(H,11,12). The molecule has 0 aromatic heterocycles. The molecular formula is C7H6BrClN2O. The molecule has 0 spiro atoms. The number of carbonyl (C=O) groups is 1. The molecule has 1 aromatic rings. The molecule has 1 amide bonds. The topological polar surface area (TPSA) is 55.1 Å². The highest BCUT2D eigenvalue weighted by molar-refractivity contribution is 9.10. The summed E-state index contributed by atoms with van der Waals surface area (Å²) >= 11 is 8.86. The van der Waals surface area contributed by atoms with E-state index in [1.807, 2.05) is 5.43 Å². The molecule has 0 aliphatic heterocycles. The molecule has 1 rings (SSSR count). The minimum atomic E-state index is -0.349. The van der Waals surface area contributed by atoms with Crippen molar-refractivity contribution in [3.8, 4) is 0 Å². The number of nitrogen functional groups attached to an aromatic ring is 1. The molecule has 3 N–H and O–H groups in total. The number of halogens is 2. The van der Waals surface area contributed by atoms with Crippen LogP contribution >= 0.6 is 27.5 Å². The molecule has 0 unspecified atom stereocenters. The Morgan fingerprint density at radius 3 is 2.75 bits per heavy atom. The highest BCUT2D eigenvalue weighted by atomic mass is 79.9. The molecule has 0 saturated heterocycles. The predicted octanol–water partition coefficient (Wildman–Crippen LogP) is 1.71. The van der Waals surface area contributed by atoms with Gasteiger partial charge in [0.2, 0.25) is 0 Å². The molecule has 3 nitrogen and oxygen atoms in total. The number of hydrogen-bond donors (Lipinski definition) is 2. The van der Waals surface area contributed by atoms with Crippen LogP contribution in [0.3, 0.4) is 0 Å². The maximum Gasteiger partial charge on any atom is 0.266 e. The van der Waals surface area contributed by atoms with Crippen LogP contribution in [0.4, 0.5) is 0 Å². The van der Waals surface area contributed by atoms with Crippen LogP contribution in [-0.4, -0.2) is 5.91 Å². The maximum absolute atomic E-state index is 11.0. The highest BCUT2D eigenvalue weighted by Gasteiger charge is 2.07. The Morgan fingerprint density at radius 2 is 2.25 bits per heavy atom. The van der Waals surface area contributed by atoms with Gasteiger partial charge in [0.15, 0.2) is 0 Å². The fraction of sp³-hybridized carbons (Fsp3) is 0. The number of amides is 1. The van der Waals surface area contributed by atoms with Crippen molar-refractivity contribution < 1.29 is 4.79 Å². The zero-order chi connectivity index (χ0) is 9.14. The second-order valence-corrected chi connectivity index (χ2v) is 3.39. The van der Waals surface area contributed by atoms with E-state index in [-0.39, 0.29) is 5.91 Å². The monoisotopic (exact) mass is 248 g/mol. The van der Waals surface area contributed by atoms with E-state index in [1.54, 1.807) is 18.2 Å². The Kier molecular flexibility index (Phi) is 3.08. The molecule has 0 saturated carbocycles. The number of nitrogens with two attached hydrogens (primary N) is 1. The molecule has 0 atom stereocenters. The molecule has 64 valence electrons. The second kappa shape index (κ2) is 3.89. The average molecular weight is 249 g/mol. The zero-order valence-corrected chi connectivity index (χ0v) is 8.32. The van der Waals surface area contributed by atoms with Gasteiger partial charge in [0.05, 0.1) is 5.56 Å². The van der Waals surface area contributed by atoms with Crippen LogP contribution in [0, 0.1) is 0 Å². The summed E-state index contributed by atoms with van der Waals surface area (Å²) in [5.41, 5.74) is 2.49. The maximum atomic E-state index is 11.0. The van der Waals surface area contributed by atoms with E-state index in [9.17, 15) is 4.79 Å². The first-order valence-electron chi connectivity index (χ1n) is 3.11. The molecule has 0 aliphatic carbocycles. The summed E-state index contributed by atoms with van der Waals surface area (Å²) in [6.07, 6.45) is 0. The first-order valence-corrected chi connectivity index (χ1v) is 4.28. The van der Waals surface area contributed by atoms with Crippen molar-refractivity contribution in [3.63, 3.8) is 0 Å². The quantitative estimate of drug-likeness (QED) is 0.452. The lowest BCUT2D eigenvalue weighted by Crippen LogP contribution is -2.30. The van der Waals surface area contributed by atoms with Crippen LogP contribution in [0.25, 0.3) is 0 Å². The lowest BCUT2D eigenvalue weighted by Gasteiger charge is -2.01. The lowest BCUT2D eigenvalue weighted by molar-refractivity contribution is 0.0953. The van der Waals surface area contributed by atoms with Gasteiger partial charge in [0.1, 0.15) is 0 Å². The first-order chi connectivity index (χ1) is 5.65. The minimum absolute atomic E-state index is 0.349. The number of rotatable bonds is 1. The van der Waals surface area contributed by atoms with Gasteiger partial charge < -0.3 is 0 Å². The molecule has 0 radical (unpaired) electrons. The largest absolute Gasteiger partial charge is 0.290 e.